The average molecular weight is 334 g/mol. The molecule has 2 aromatic heterocycles. The lowest BCUT2D eigenvalue weighted by molar-refractivity contribution is 1.19. The summed E-state index contributed by atoms with van der Waals surface area (Å²) < 4.78 is 0. The third-order valence-electron chi connectivity index (χ3n) is 3.70. The summed E-state index contributed by atoms with van der Waals surface area (Å²) >= 11 is 6.14. The van der Waals surface area contributed by atoms with Crippen LogP contribution in [-0.4, -0.2) is 15.0 Å². The van der Waals surface area contributed by atoms with Gasteiger partial charge in [-0.15, -0.1) is 0 Å². The SMILES string of the molecule is O=c1ccc2nc(-c3cccc(Cl)c3)c(-c3ccccc3)nc2[nH]1. The maximum atomic E-state index is 11.6. The molecule has 5 heteroatoms. The molecule has 0 spiro atoms. The molecule has 24 heavy (non-hydrogen) atoms. The quantitative estimate of drug-likeness (QED) is 0.594. The van der Waals surface area contributed by atoms with Crippen LogP contribution in [0.2, 0.25) is 5.02 Å². The van der Waals surface area contributed by atoms with Gasteiger partial charge in [0.1, 0.15) is 5.52 Å². The number of nitrogens with one attached hydrogen (secondary N) is 1. The van der Waals surface area contributed by atoms with Crippen molar-refractivity contribution in [3.05, 3.63) is 82.1 Å². The third kappa shape index (κ3) is 2.68. The first-order valence-electron chi connectivity index (χ1n) is 7.43. The summed E-state index contributed by atoms with van der Waals surface area (Å²) in [6.07, 6.45) is 0. The molecule has 0 bridgehead atoms. The second kappa shape index (κ2) is 5.91. The molecule has 0 saturated heterocycles. The van der Waals surface area contributed by atoms with Crippen LogP contribution in [-0.2, 0) is 0 Å². The van der Waals surface area contributed by atoms with Crippen LogP contribution in [0.4, 0.5) is 0 Å². The Kier molecular flexibility index (Phi) is 3.59. The van der Waals surface area contributed by atoms with Crippen LogP contribution in [0.1, 0.15) is 0 Å². The van der Waals surface area contributed by atoms with Crippen LogP contribution in [0.25, 0.3) is 33.7 Å². The number of fused-ring (bicyclic) bond motifs is 1. The maximum absolute atomic E-state index is 11.6. The van der Waals surface area contributed by atoms with Gasteiger partial charge < -0.3 is 4.98 Å². The highest BCUT2D eigenvalue weighted by Crippen LogP contribution is 2.31. The molecule has 0 saturated carbocycles. The summed E-state index contributed by atoms with van der Waals surface area (Å²) in [5.41, 5.74) is 4.12. The van der Waals surface area contributed by atoms with E-state index in [9.17, 15) is 4.79 Å². The highest BCUT2D eigenvalue weighted by Gasteiger charge is 2.13. The minimum Gasteiger partial charge on any atom is -0.305 e. The fourth-order valence-electron chi connectivity index (χ4n) is 2.60. The standard InChI is InChI=1S/C19H12ClN3O/c20-14-8-4-7-13(11-14)18-17(12-5-2-1-3-6-12)23-19-15(21-18)9-10-16(24)22-19/h1-11H,(H,22,23,24). The van der Waals surface area contributed by atoms with Crippen molar-refractivity contribution in [2.75, 3.05) is 0 Å². The van der Waals surface area contributed by atoms with Gasteiger partial charge in [-0.2, -0.15) is 0 Å². The van der Waals surface area contributed by atoms with Crippen molar-refractivity contribution in [1.82, 2.24) is 15.0 Å². The highest BCUT2D eigenvalue weighted by molar-refractivity contribution is 6.30. The highest BCUT2D eigenvalue weighted by atomic mass is 35.5. The lowest BCUT2D eigenvalue weighted by atomic mass is 10.0. The number of H-pyrrole nitrogens is 1. The van der Waals surface area contributed by atoms with Crippen molar-refractivity contribution in [2.45, 2.75) is 0 Å². The molecular formula is C19H12ClN3O. The Hall–Kier alpha value is -2.98. The number of halogens is 1. The molecule has 0 aliphatic rings. The fourth-order valence-corrected chi connectivity index (χ4v) is 2.79. The summed E-state index contributed by atoms with van der Waals surface area (Å²) in [4.78, 5) is 23.7. The Labute approximate surface area is 142 Å². The number of hydrogen-bond acceptors (Lipinski definition) is 3. The molecular weight excluding hydrogens is 322 g/mol. The van der Waals surface area contributed by atoms with Crippen LogP contribution >= 0.6 is 11.6 Å². The molecule has 4 aromatic rings. The summed E-state index contributed by atoms with van der Waals surface area (Å²) in [6, 6.07) is 20.4. The number of aromatic nitrogens is 3. The van der Waals surface area contributed by atoms with E-state index in [2.05, 4.69) is 9.97 Å². The molecule has 4 rings (SSSR count). The molecule has 0 atom stereocenters. The Morgan fingerprint density at radius 2 is 1.54 bits per heavy atom. The minimum atomic E-state index is -0.202. The Bertz CT molecular complexity index is 1090. The van der Waals surface area contributed by atoms with E-state index in [0.717, 1.165) is 16.8 Å². The van der Waals surface area contributed by atoms with Gasteiger partial charge in [-0.25, -0.2) is 9.97 Å². The van der Waals surface area contributed by atoms with Crippen molar-refractivity contribution in [1.29, 1.82) is 0 Å². The van der Waals surface area contributed by atoms with Gasteiger partial charge in [-0.1, -0.05) is 54.1 Å². The Morgan fingerprint density at radius 1 is 0.792 bits per heavy atom. The summed E-state index contributed by atoms with van der Waals surface area (Å²) in [5, 5.41) is 0.634. The number of hydrogen-bond donors (Lipinski definition) is 1. The van der Waals surface area contributed by atoms with Crippen LogP contribution in [0.3, 0.4) is 0 Å². The van der Waals surface area contributed by atoms with Crippen molar-refractivity contribution >= 4 is 22.8 Å². The summed E-state index contributed by atoms with van der Waals surface area (Å²) in [6.45, 7) is 0. The van der Waals surface area contributed by atoms with Gasteiger partial charge in [0.15, 0.2) is 5.65 Å². The zero-order valence-corrected chi connectivity index (χ0v) is 13.3. The van der Waals surface area contributed by atoms with Gasteiger partial charge in [0, 0.05) is 22.2 Å². The minimum absolute atomic E-state index is 0.202. The largest absolute Gasteiger partial charge is 0.305 e. The molecule has 0 fully saturated rings. The van der Waals surface area contributed by atoms with E-state index in [-0.39, 0.29) is 5.56 Å². The van der Waals surface area contributed by atoms with Gasteiger partial charge in [0.2, 0.25) is 5.56 Å². The molecule has 1 N–H and O–H groups in total. The van der Waals surface area contributed by atoms with Gasteiger partial charge >= 0.3 is 0 Å². The van der Waals surface area contributed by atoms with Crippen LogP contribution in [0.5, 0.6) is 0 Å². The van der Waals surface area contributed by atoms with E-state index < -0.39 is 0 Å². The summed E-state index contributed by atoms with van der Waals surface area (Å²) in [5.74, 6) is 0. The number of nitrogens with zero attached hydrogens (tertiary/aromatic N) is 2. The number of aromatic amines is 1. The predicted octanol–water partition coefficient (Wildman–Crippen LogP) is 4.31. The lowest BCUT2D eigenvalue weighted by Crippen LogP contribution is -2.06. The van der Waals surface area contributed by atoms with E-state index in [4.69, 9.17) is 16.6 Å². The molecule has 0 amide bonds. The Morgan fingerprint density at radius 3 is 2.33 bits per heavy atom. The number of pyridine rings is 1. The van der Waals surface area contributed by atoms with E-state index >= 15 is 0 Å². The van der Waals surface area contributed by atoms with Gasteiger partial charge in [-0.3, -0.25) is 4.79 Å². The molecule has 0 aliphatic heterocycles. The molecule has 0 radical (unpaired) electrons. The van der Waals surface area contributed by atoms with Crippen molar-refractivity contribution < 1.29 is 0 Å². The van der Waals surface area contributed by atoms with Crippen LogP contribution in [0.15, 0.2) is 71.5 Å². The zero-order valence-electron chi connectivity index (χ0n) is 12.5. The van der Waals surface area contributed by atoms with Crippen LogP contribution < -0.4 is 5.56 Å². The Balaban J connectivity index is 2.06. The average Bonchev–Trinajstić information content (AvgIpc) is 2.61. The van der Waals surface area contributed by atoms with Crippen molar-refractivity contribution in [3.63, 3.8) is 0 Å². The summed E-state index contributed by atoms with van der Waals surface area (Å²) in [7, 11) is 0. The van der Waals surface area contributed by atoms with Crippen molar-refractivity contribution in [2.24, 2.45) is 0 Å². The number of benzene rings is 2. The third-order valence-corrected chi connectivity index (χ3v) is 3.94. The first kappa shape index (κ1) is 14.6. The fraction of sp³-hybridized carbons (Fsp3) is 0. The van der Waals surface area contributed by atoms with Crippen LogP contribution in [0, 0.1) is 0 Å². The topological polar surface area (TPSA) is 58.6 Å². The van der Waals surface area contributed by atoms with Crippen molar-refractivity contribution in [3.8, 4) is 22.5 Å². The van der Waals surface area contributed by atoms with E-state index in [1.807, 2.05) is 54.6 Å². The number of rotatable bonds is 2. The zero-order chi connectivity index (χ0) is 16.5. The monoisotopic (exact) mass is 333 g/mol. The molecule has 4 nitrogen and oxygen atoms in total. The molecule has 2 heterocycles. The second-order valence-corrected chi connectivity index (χ2v) is 5.79. The first-order chi connectivity index (χ1) is 11.7. The lowest BCUT2D eigenvalue weighted by Gasteiger charge is -2.10. The van der Waals surface area contributed by atoms with E-state index in [1.54, 1.807) is 6.07 Å². The van der Waals surface area contributed by atoms with E-state index in [1.165, 1.54) is 6.07 Å². The second-order valence-electron chi connectivity index (χ2n) is 5.35. The van der Waals surface area contributed by atoms with E-state index in [0.29, 0.717) is 21.9 Å². The predicted molar refractivity (Wildman–Crippen MR) is 96.0 cm³/mol. The van der Waals surface area contributed by atoms with Gasteiger partial charge in [-0.05, 0) is 18.2 Å². The van der Waals surface area contributed by atoms with Gasteiger partial charge in [0.25, 0.3) is 0 Å². The molecule has 0 unspecified atom stereocenters. The maximum Gasteiger partial charge on any atom is 0.249 e. The molecule has 2 aromatic carbocycles. The first-order valence-corrected chi connectivity index (χ1v) is 7.81. The molecule has 116 valence electrons. The van der Waals surface area contributed by atoms with Gasteiger partial charge in [0.05, 0.1) is 11.4 Å². The normalized spacial score (nSPS) is 10.9. The smallest absolute Gasteiger partial charge is 0.249 e. The molecule has 0 aliphatic carbocycles.